The van der Waals surface area contributed by atoms with Crippen molar-refractivity contribution in [3.8, 4) is 0 Å². The van der Waals surface area contributed by atoms with Crippen molar-refractivity contribution in [1.82, 2.24) is 10.5 Å². The van der Waals surface area contributed by atoms with E-state index in [2.05, 4.69) is 26.4 Å². The highest BCUT2D eigenvalue weighted by molar-refractivity contribution is 9.10. The van der Waals surface area contributed by atoms with Crippen molar-refractivity contribution >= 4 is 15.9 Å². The number of nitrogens with zero attached hydrogens (tertiary/aromatic N) is 1. The maximum absolute atomic E-state index is 13.6. The molecule has 0 amide bonds. The second kappa shape index (κ2) is 2.99. The molecule has 0 bridgehead atoms. The number of halogens is 2. The lowest BCUT2D eigenvalue weighted by Gasteiger charge is -2.25. The van der Waals surface area contributed by atoms with Gasteiger partial charge in [0.25, 0.3) is 0 Å². The lowest BCUT2D eigenvalue weighted by Crippen LogP contribution is -2.37. The predicted molar refractivity (Wildman–Crippen MR) is 55.4 cm³/mol. The Bertz CT molecular complexity index is 428. The molecule has 80 valence electrons. The highest BCUT2D eigenvalue weighted by atomic mass is 79.9. The SMILES string of the molecule is C[C@@]1(c2cc(Br)cnc2F)NO[C@H]2C[C@H]21. The van der Waals surface area contributed by atoms with Crippen LogP contribution >= 0.6 is 15.9 Å². The molecule has 1 aromatic heterocycles. The summed E-state index contributed by atoms with van der Waals surface area (Å²) >= 11 is 3.30. The zero-order chi connectivity index (χ0) is 10.6. The van der Waals surface area contributed by atoms with E-state index in [0.717, 1.165) is 10.9 Å². The van der Waals surface area contributed by atoms with Gasteiger partial charge in [0.05, 0.1) is 11.6 Å². The van der Waals surface area contributed by atoms with Crippen molar-refractivity contribution < 1.29 is 9.23 Å². The Morgan fingerprint density at radius 2 is 2.53 bits per heavy atom. The Balaban J connectivity index is 2.08. The first-order valence-corrected chi connectivity index (χ1v) is 5.65. The van der Waals surface area contributed by atoms with Gasteiger partial charge in [-0.15, -0.1) is 0 Å². The van der Waals surface area contributed by atoms with Crippen molar-refractivity contribution in [3.05, 3.63) is 28.2 Å². The van der Waals surface area contributed by atoms with Crippen molar-refractivity contribution in [3.63, 3.8) is 0 Å². The van der Waals surface area contributed by atoms with Crippen molar-refractivity contribution in [2.75, 3.05) is 0 Å². The van der Waals surface area contributed by atoms with E-state index in [1.54, 1.807) is 6.07 Å². The van der Waals surface area contributed by atoms with Gasteiger partial charge >= 0.3 is 0 Å². The molecule has 1 saturated heterocycles. The number of rotatable bonds is 1. The molecule has 1 aliphatic heterocycles. The first-order valence-electron chi connectivity index (χ1n) is 4.85. The molecule has 3 atom stereocenters. The van der Waals surface area contributed by atoms with Crippen LogP contribution in [0, 0.1) is 11.9 Å². The molecule has 3 nitrogen and oxygen atoms in total. The van der Waals surface area contributed by atoms with Gasteiger partial charge in [0.1, 0.15) is 0 Å². The largest absolute Gasteiger partial charge is 0.297 e. The van der Waals surface area contributed by atoms with E-state index in [4.69, 9.17) is 4.84 Å². The summed E-state index contributed by atoms with van der Waals surface area (Å²) in [6.07, 6.45) is 2.70. The smallest absolute Gasteiger partial charge is 0.218 e. The fraction of sp³-hybridized carbons (Fsp3) is 0.500. The van der Waals surface area contributed by atoms with Crippen molar-refractivity contribution in [1.29, 1.82) is 0 Å². The molecular weight excluding hydrogens is 263 g/mol. The van der Waals surface area contributed by atoms with E-state index in [1.165, 1.54) is 6.20 Å². The molecule has 0 unspecified atom stereocenters. The summed E-state index contributed by atoms with van der Waals surface area (Å²) in [7, 11) is 0. The number of hydrogen-bond donors (Lipinski definition) is 1. The quantitative estimate of drug-likeness (QED) is 0.796. The number of fused-ring (bicyclic) bond motifs is 1. The standard InChI is InChI=1S/C10H10BrFN2O/c1-10(6-3-8(6)15-14-10)7-2-5(11)4-13-9(7)12/h2,4,6,8,14H,3H2,1H3/t6-,8+,10-/m1/s1. The fourth-order valence-electron chi connectivity index (χ4n) is 2.22. The third-order valence-electron chi connectivity index (χ3n) is 3.26. The normalized spacial score (nSPS) is 37.8. The van der Waals surface area contributed by atoms with E-state index in [0.29, 0.717) is 11.5 Å². The molecule has 2 aliphatic rings. The lowest BCUT2D eigenvalue weighted by atomic mass is 9.89. The van der Waals surface area contributed by atoms with Gasteiger partial charge in [-0.05, 0) is 35.3 Å². The number of pyridine rings is 1. The molecule has 3 rings (SSSR count). The van der Waals surface area contributed by atoms with Crippen LogP contribution in [0.5, 0.6) is 0 Å². The molecule has 5 heteroatoms. The Labute approximate surface area is 95.1 Å². The van der Waals surface area contributed by atoms with Gasteiger partial charge in [-0.2, -0.15) is 9.87 Å². The maximum atomic E-state index is 13.6. The highest BCUT2D eigenvalue weighted by Gasteiger charge is 2.59. The molecule has 0 aromatic carbocycles. The van der Waals surface area contributed by atoms with Crippen LogP contribution in [0.2, 0.25) is 0 Å². The van der Waals surface area contributed by atoms with E-state index in [9.17, 15) is 4.39 Å². The minimum Gasteiger partial charge on any atom is -0.297 e. The van der Waals surface area contributed by atoms with Crippen molar-refractivity contribution in [2.24, 2.45) is 5.92 Å². The molecule has 1 aromatic rings. The molecule has 2 fully saturated rings. The Morgan fingerprint density at radius 1 is 1.73 bits per heavy atom. The topological polar surface area (TPSA) is 34.2 Å². The van der Waals surface area contributed by atoms with Crippen LogP contribution in [0.1, 0.15) is 18.9 Å². The van der Waals surface area contributed by atoms with E-state index in [-0.39, 0.29) is 6.10 Å². The molecule has 1 aliphatic carbocycles. The van der Waals surface area contributed by atoms with E-state index in [1.807, 2.05) is 6.92 Å². The number of aromatic nitrogens is 1. The Hall–Kier alpha value is -0.520. The molecular formula is C10H10BrFN2O. The molecule has 0 radical (unpaired) electrons. The first kappa shape index (κ1) is 9.69. The second-order valence-corrected chi connectivity index (χ2v) is 5.21. The van der Waals surface area contributed by atoms with Gasteiger partial charge < -0.3 is 0 Å². The van der Waals surface area contributed by atoms with Gasteiger partial charge in [0, 0.05) is 22.2 Å². The van der Waals surface area contributed by atoms with Crippen LogP contribution in [0.4, 0.5) is 4.39 Å². The van der Waals surface area contributed by atoms with Crippen LogP contribution in [0.25, 0.3) is 0 Å². The number of nitrogens with one attached hydrogen (secondary N) is 1. The summed E-state index contributed by atoms with van der Waals surface area (Å²) in [6.45, 7) is 1.96. The van der Waals surface area contributed by atoms with Crippen LogP contribution in [0.3, 0.4) is 0 Å². The van der Waals surface area contributed by atoms with Gasteiger partial charge in [0.15, 0.2) is 0 Å². The summed E-state index contributed by atoms with van der Waals surface area (Å²) in [5.74, 6) is -0.0625. The third-order valence-corrected chi connectivity index (χ3v) is 3.69. The van der Waals surface area contributed by atoms with Crippen LogP contribution in [-0.2, 0) is 10.4 Å². The molecule has 1 saturated carbocycles. The molecule has 15 heavy (non-hydrogen) atoms. The predicted octanol–water partition coefficient (Wildman–Crippen LogP) is 2.12. The first-order chi connectivity index (χ1) is 7.11. The number of hydroxylamine groups is 1. The van der Waals surface area contributed by atoms with Crippen molar-refractivity contribution in [2.45, 2.75) is 25.0 Å². The van der Waals surface area contributed by atoms with Crippen LogP contribution in [-0.4, -0.2) is 11.1 Å². The maximum Gasteiger partial charge on any atom is 0.218 e. The molecule has 2 heterocycles. The summed E-state index contributed by atoms with van der Waals surface area (Å²) in [5.41, 5.74) is 3.05. The van der Waals surface area contributed by atoms with Gasteiger partial charge in [-0.3, -0.25) is 4.84 Å². The monoisotopic (exact) mass is 272 g/mol. The molecule has 0 spiro atoms. The third kappa shape index (κ3) is 1.33. The highest BCUT2D eigenvalue weighted by Crippen LogP contribution is 2.52. The minimum atomic E-state index is -0.439. The zero-order valence-corrected chi connectivity index (χ0v) is 9.71. The summed E-state index contributed by atoms with van der Waals surface area (Å²) in [5, 5.41) is 0. The molecule has 1 N–H and O–H groups in total. The van der Waals surface area contributed by atoms with Gasteiger partial charge in [-0.1, -0.05) is 0 Å². The fourth-order valence-corrected chi connectivity index (χ4v) is 2.56. The van der Waals surface area contributed by atoms with Crippen LogP contribution in [0.15, 0.2) is 16.7 Å². The van der Waals surface area contributed by atoms with E-state index < -0.39 is 11.5 Å². The lowest BCUT2D eigenvalue weighted by molar-refractivity contribution is 0.0210. The summed E-state index contributed by atoms with van der Waals surface area (Å²) < 4.78 is 14.4. The average molecular weight is 273 g/mol. The second-order valence-electron chi connectivity index (χ2n) is 4.29. The minimum absolute atomic E-state index is 0.244. The van der Waals surface area contributed by atoms with Gasteiger partial charge in [-0.25, -0.2) is 4.98 Å². The zero-order valence-electron chi connectivity index (χ0n) is 8.13. The Kier molecular flexibility index (Phi) is 1.93. The summed E-state index contributed by atoms with van der Waals surface area (Å²) in [4.78, 5) is 9.04. The van der Waals surface area contributed by atoms with Gasteiger partial charge in [0.2, 0.25) is 5.95 Å². The summed E-state index contributed by atoms with van der Waals surface area (Å²) in [6, 6.07) is 1.76. The van der Waals surface area contributed by atoms with E-state index >= 15 is 0 Å². The Morgan fingerprint density at radius 3 is 3.13 bits per heavy atom. The average Bonchev–Trinajstić information content (AvgIpc) is 2.92. The number of hydrogen-bond acceptors (Lipinski definition) is 3. The van der Waals surface area contributed by atoms with Crippen LogP contribution < -0.4 is 5.48 Å².